The molecule has 1 fully saturated rings. The summed E-state index contributed by atoms with van der Waals surface area (Å²) < 4.78 is 0. The fraction of sp³-hybridized carbons (Fsp3) is 0.385. The molecule has 2 heterocycles. The quantitative estimate of drug-likeness (QED) is 0.593. The van der Waals surface area contributed by atoms with Crippen LogP contribution in [0.15, 0.2) is 29.7 Å². The van der Waals surface area contributed by atoms with Crippen LogP contribution in [0.4, 0.5) is 0 Å². The van der Waals surface area contributed by atoms with Crippen molar-refractivity contribution in [2.24, 2.45) is 5.16 Å². The van der Waals surface area contributed by atoms with Gasteiger partial charge in [0, 0.05) is 45.2 Å². The molecule has 0 N–H and O–H groups in total. The molecule has 0 aromatic carbocycles. The van der Waals surface area contributed by atoms with Crippen LogP contribution < -0.4 is 0 Å². The van der Waals surface area contributed by atoms with E-state index in [1.807, 2.05) is 0 Å². The number of carbonyl (C=O) groups is 2. The van der Waals surface area contributed by atoms with E-state index in [2.05, 4.69) is 10.1 Å². The first kappa shape index (κ1) is 13.2. The fourth-order valence-corrected chi connectivity index (χ4v) is 1.81. The number of nitrogens with zero attached hydrogens (tertiary/aromatic N) is 3. The van der Waals surface area contributed by atoms with Crippen LogP contribution in [0.3, 0.4) is 0 Å². The van der Waals surface area contributed by atoms with Gasteiger partial charge in [-0.1, -0.05) is 5.16 Å². The molecule has 0 radical (unpaired) electrons. The maximum atomic E-state index is 11.6. The van der Waals surface area contributed by atoms with E-state index in [1.165, 1.54) is 6.20 Å². The van der Waals surface area contributed by atoms with E-state index >= 15 is 0 Å². The Morgan fingerprint density at radius 1 is 1.37 bits per heavy atom. The number of hydrogen-bond donors (Lipinski definition) is 0. The fourth-order valence-electron chi connectivity index (χ4n) is 1.81. The highest BCUT2D eigenvalue weighted by Crippen LogP contribution is 2.08. The minimum Gasteiger partial charge on any atom is -0.342 e. The standard InChI is InChI=1S/C13H15N3O3/c1-10(17)16-7-4-12(5-8-16)15-19-13(18)11-3-2-6-14-9-11/h2-3,6,9H,4-5,7-8H2,1H3. The Bertz CT molecular complexity index is 489. The number of piperidine rings is 1. The average Bonchev–Trinajstić information content (AvgIpc) is 2.46. The minimum atomic E-state index is -0.519. The Kier molecular flexibility index (Phi) is 4.22. The molecule has 2 rings (SSSR count). The van der Waals surface area contributed by atoms with Crippen LogP contribution in [0, 0.1) is 0 Å². The number of pyridine rings is 1. The molecule has 1 aromatic heterocycles. The van der Waals surface area contributed by atoms with Gasteiger partial charge in [0.1, 0.15) is 0 Å². The van der Waals surface area contributed by atoms with Crippen LogP contribution in [0.5, 0.6) is 0 Å². The van der Waals surface area contributed by atoms with Crippen LogP contribution in [0.25, 0.3) is 0 Å². The second-order valence-electron chi connectivity index (χ2n) is 4.28. The molecular weight excluding hydrogens is 246 g/mol. The van der Waals surface area contributed by atoms with E-state index in [1.54, 1.807) is 30.2 Å². The number of carbonyl (C=O) groups excluding carboxylic acids is 2. The Labute approximate surface area is 111 Å². The molecule has 6 heteroatoms. The molecule has 0 atom stereocenters. The van der Waals surface area contributed by atoms with Gasteiger partial charge in [0.2, 0.25) is 5.91 Å². The molecule has 1 amide bonds. The van der Waals surface area contributed by atoms with Crippen molar-refractivity contribution in [1.82, 2.24) is 9.88 Å². The third-order valence-corrected chi connectivity index (χ3v) is 2.94. The van der Waals surface area contributed by atoms with Gasteiger partial charge in [0.25, 0.3) is 0 Å². The summed E-state index contributed by atoms with van der Waals surface area (Å²) >= 11 is 0. The topological polar surface area (TPSA) is 71.9 Å². The lowest BCUT2D eigenvalue weighted by Crippen LogP contribution is -2.37. The van der Waals surface area contributed by atoms with Gasteiger partial charge in [-0.05, 0) is 12.1 Å². The lowest BCUT2D eigenvalue weighted by Gasteiger charge is -2.25. The zero-order chi connectivity index (χ0) is 13.7. The summed E-state index contributed by atoms with van der Waals surface area (Å²) in [7, 11) is 0. The van der Waals surface area contributed by atoms with E-state index in [4.69, 9.17) is 4.84 Å². The first-order valence-corrected chi connectivity index (χ1v) is 6.09. The molecular formula is C13H15N3O3. The number of oxime groups is 1. The van der Waals surface area contributed by atoms with Crippen LogP contribution >= 0.6 is 0 Å². The Morgan fingerprint density at radius 2 is 2.11 bits per heavy atom. The van der Waals surface area contributed by atoms with Crippen molar-refractivity contribution in [2.45, 2.75) is 19.8 Å². The molecule has 0 unspecified atom stereocenters. The van der Waals surface area contributed by atoms with E-state index < -0.39 is 5.97 Å². The van der Waals surface area contributed by atoms with E-state index in [0.29, 0.717) is 31.5 Å². The normalized spacial score (nSPS) is 15.0. The van der Waals surface area contributed by atoms with Crippen LogP contribution in [0.1, 0.15) is 30.1 Å². The molecule has 0 spiro atoms. The summed E-state index contributed by atoms with van der Waals surface area (Å²) in [6.45, 7) is 2.79. The molecule has 0 bridgehead atoms. The first-order chi connectivity index (χ1) is 9.16. The molecule has 1 saturated heterocycles. The average molecular weight is 261 g/mol. The third kappa shape index (κ3) is 3.61. The molecule has 1 aliphatic heterocycles. The van der Waals surface area contributed by atoms with Gasteiger partial charge >= 0.3 is 5.97 Å². The van der Waals surface area contributed by atoms with Gasteiger partial charge in [0.15, 0.2) is 0 Å². The zero-order valence-corrected chi connectivity index (χ0v) is 10.7. The SMILES string of the molecule is CC(=O)N1CCC(=NOC(=O)c2cccnc2)CC1. The number of rotatable bonds is 2. The van der Waals surface area contributed by atoms with Gasteiger partial charge in [-0.15, -0.1) is 0 Å². The zero-order valence-electron chi connectivity index (χ0n) is 10.7. The minimum absolute atomic E-state index is 0.0615. The smallest absolute Gasteiger partial charge is 0.342 e. The summed E-state index contributed by atoms with van der Waals surface area (Å²) in [6.07, 6.45) is 4.29. The van der Waals surface area contributed by atoms with E-state index in [-0.39, 0.29) is 5.91 Å². The van der Waals surface area contributed by atoms with Gasteiger partial charge in [-0.25, -0.2) is 4.79 Å². The van der Waals surface area contributed by atoms with Gasteiger partial charge < -0.3 is 9.74 Å². The molecule has 0 aliphatic carbocycles. The second kappa shape index (κ2) is 6.08. The van der Waals surface area contributed by atoms with Crippen molar-refractivity contribution < 1.29 is 14.4 Å². The van der Waals surface area contributed by atoms with Gasteiger partial charge in [0.05, 0.1) is 11.3 Å². The Balaban J connectivity index is 1.87. The number of aromatic nitrogens is 1. The van der Waals surface area contributed by atoms with E-state index in [9.17, 15) is 9.59 Å². The van der Waals surface area contributed by atoms with Crippen molar-refractivity contribution in [1.29, 1.82) is 0 Å². The summed E-state index contributed by atoms with van der Waals surface area (Å²) in [5, 5.41) is 3.85. The van der Waals surface area contributed by atoms with Crippen molar-refractivity contribution in [2.75, 3.05) is 13.1 Å². The van der Waals surface area contributed by atoms with Gasteiger partial charge in [-0.2, -0.15) is 0 Å². The largest absolute Gasteiger partial charge is 0.367 e. The van der Waals surface area contributed by atoms with Crippen LogP contribution in [-0.2, 0) is 9.63 Å². The lowest BCUT2D eigenvalue weighted by molar-refractivity contribution is -0.128. The summed E-state index contributed by atoms with van der Waals surface area (Å²) in [5.41, 5.74) is 1.17. The summed E-state index contributed by atoms with van der Waals surface area (Å²) in [4.78, 5) is 33.2. The van der Waals surface area contributed by atoms with Crippen LogP contribution in [0.2, 0.25) is 0 Å². The second-order valence-corrected chi connectivity index (χ2v) is 4.28. The highest BCUT2D eigenvalue weighted by molar-refractivity contribution is 5.91. The number of likely N-dealkylation sites (tertiary alicyclic amines) is 1. The highest BCUT2D eigenvalue weighted by atomic mass is 16.7. The number of amides is 1. The maximum Gasteiger partial charge on any atom is 0.367 e. The van der Waals surface area contributed by atoms with Crippen molar-refractivity contribution in [3.8, 4) is 0 Å². The van der Waals surface area contributed by atoms with E-state index in [0.717, 1.165) is 5.71 Å². The third-order valence-electron chi connectivity index (χ3n) is 2.94. The monoisotopic (exact) mass is 261 g/mol. The summed E-state index contributed by atoms with van der Waals surface area (Å²) in [6, 6.07) is 3.28. The summed E-state index contributed by atoms with van der Waals surface area (Å²) in [5.74, 6) is -0.457. The van der Waals surface area contributed by atoms with Crippen LogP contribution in [-0.4, -0.2) is 40.6 Å². The lowest BCUT2D eigenvalue weighted by atomic mass is 10.1. The molecule has 19 heavy (non-hydrogen) atoms. The van der Waals surface area contributed by atoms with Crippen molar-refractivity contribution >= 4 is 17.6 Å². The Morgan fingerprint density at radius 3 is 2.68 bits per heavy atom. The number of hydrogen-bond acceptors (Lipinski definition) is 5. The van der Waals surface area contributed by atoms with Gasteiger partial charge in [-0.3, -0.25) is 9.78 Å². The highest BCUT2D eigenvalue weighted by Gasteiger charge is 2.17. The van der Waals surface area contributed by atoms with Crippen molar-refractivity contribution in [3.05, 3.63) is 30.1 Å². The predicted molar refractivity (Wildman–Crippen MR) is 68.6 cm³/mol. The molecule has 100 valence electrons. The van der Waals surface area contributed by atoms with Crippen molar-refractivity contribution in [3.63, 3.8) is 0 Å². The predicted octanol–water partition coefficient (Wildman–Crippen LogP) is 1.24. The molecule has 6 nitrogen and oxygen atoms in total. The maximum absolute atomic E-state index is 11.6. The first-order valence-electron chi connectivity index (χ1n) is 6.09. The molecule has 1 aromatic rings. The molecule has 0 saturated carbocycles. The Hall–Kier alpha value is -2.24. The molecule has 1 aliphatic rings.